The number of carbonyl (C=O) groups is 2. The van der Waals surface area contributed by atoms with E-state index in [1.807, 2.05) is 0 Å². The Hall–Kier alpha value is -4.03. The molecule has 0 spiro atoms. The third-order valence-corrected chi connectivity index (χ3v) is 7.51. The van der Waals surface area contributed by atoms with Crippen LogP contribution in [0.15, 0.2) is 23.0 Å². The average molecular weight is 470 g/mol. The van der Waals surface area contributed by atoms with Crippen molar-refractivity contribution in [3.8, 4) is 11.4 Å². The largest absolute Gasteiger partial charge is 0.458 e. The summed E-state index contributed by atoms with van der Waals surface area (Å²) in [5.41, 5.74) is 3.25. The lowest BCUT2D eigenvalue weighted by atomic mass is 9.82. The van der Waals surface area contributed by atoms with Crippen molar-refractivity contribution in [2.75, 3.05) is 0 Å². The molecule has 6 rings (SSSR count). The molecule has 0 saturated heterocycles. The Labute approximate surface area is 200 Å². The van der Waals surface area contributed by atoms with Crippen molar-refractivity contribution < 1.29 is 19.4 Å². The van der Waals surface area contributed by atoms with Crippen LogP contribution in [-0.4, -0.2) is 26.5 Å². The Morgan fingerprint density at radius 2 is 2.14 bits per heavy atom. The Morgan fingerprint density at radius 3 is 2.86 bits per heavy atom. The van der Waals surface area contributed by atoms with Crippen LogP contribution < -0.4 is 10.9 Å². The van der Waals surface area contributed by atoms with Crippen LogP contribution in [0.4, 0.5) is 5.69 Å². The van der Waals surface area contributed by atoms with Crippen molar-refractivity contribution in [1.29, 1.82) is 0 Å². The van der Waals surface area contributed by atoms with Gasteiger partial charge in [0.15, 0.2) is 11.3 Å². The van der Waals surface area contributed by atoms with Gasteiger partial charge < -0.3 is 19.7 Å². The number of benzene rings is 1. The van der Waals surface area contributed by atoms with Gasteiger partial charge in [-0.25, -0.2) is 14.6 Å². The molecular weight excluding hydrogens is 448 g/mol. The molecule has 35 heavy (non-hydrogen) atoms. The molecule has 0 bridgehead atoms. The van der Waals surface area contributed by atoms with Crippen molar-refractivity contribution in [3.05, 3.63) is 67.8 Å². The monoisotopic (exact) mass is 470 g/mol. The quantitative estimate of drug-likeness (QED) is 0.344. The van der Waals surface area contributed by atoms with Crippen LogP contribution in [0, 0.1) is 6.57 Å². The molecule has 2 atom stereocenters. The van der Waals surface area contributed by atoms with Crippen LogP contribution in [0.1, 0.15) is 60.5 Å². The van der Waals surface area contributed by atoms with Gasteiger partial charge >= 0.3 is 5.97 Å². The number of esters is 1. The zero-order valence-electron chi connectivity index (χ0n) is 19.3. The van der Waals surface area contributed by atoms with E-state index in [0.29, 0.717) is 35.4 Å². The number of aromatic nitrogens is 2. The summed E-state index contributed by atoms with van der Waals surface area (Å²) < 4.78 is 6.75. The molecule has 9 nitrogen and oxygen atoms in total. The first-order valence-corrected chi connectivity index (χ1v) is 11.6. The van der Waals surface area contributed by atoms with Crippen LogP contribution in [0.5, 0.6) is 0 Å². The van der Waals surface area contributed by atoms with E-state index in [1.165, 1.54) is 6.92 Å². The zero-order chi connectivity index (χ0) is 24.6. The third kappa shape index (κ3) is 2.77. The number of aliphatic hydroxyl groups is 1. The maximum Gasteiger partial charge on any atom is 0.343 e. The van der Waals surface area contributed by atoms with Gasteiger partial charge in [-0.1, -0.05) is 13.0 Å². The molecule has 1 aromatic carbocycles. The summed E-state index contributed by atoms with van der Waals surface area (Å²) in [6.45, 7) is 10.8. The standard InChI is InChI=1S/C26H22N4O5/c1-4-26(34)16-9-20-23-14(10-30(20)24(32)15(16)11-35-25(26)33)22-18(28-12(2)31)6-5-13-17(27-3)7-8-19(29-23)21(13)22/h7-9,18,34H,4-6,10-11H2,1-2H3,(H,28,31)/t18?,26-/m0/s1. The van der Waals surface area contributed by atoms with E-state index >= 15 is 0 Å². The van der Waals surface area contributed by atoms with Crippen molar-refractivity contribution in [2.45, 2.75) is 57.9 Å². The van der Waals surface area contributed by atoms with Gasteiger partial charge in [0.2, 0.25) is 5.91 Å². The second kappa shape index (κ2) is 7.23. The van der Waals surface area contributed by atoms with Crippen LogP contribution >= 0.6 is 0 Å². The van der Waals surface area contributed by atoms with Crippen molar-refractivity contribution in [3.63, 3.8) is 0 Å². The maximum atomic E-state index is 13.5. The highest BCUT2D eigenvalue weighted by Gasteiger charge is 2.45. The average Bonchev–Trinajstić information content (AvgIpc) is 3.21. The van der Waals surface area contributed by atoms with Crippen molar-refractivity contribution in [1.82, 2.24) is 14.9 Å². The zero-order valence-corrected chi connectivity index (χ0v) is 19.3. The second-order valence-electron chi connectivity index (χ2n) is 9.32. The Balaban J connectivity index is 1.67. The summed E-state index contributed by atoms with van der Waals surface area (Å²) in [5, 5.41) is 15.0. The normalized spacial score (nSPS) is 21.5. The molecule has 3 aromatic rings. The number of hydrogen-bond donors (Lipinski definition) is 2. The minimum atomic E-state index is -1.90. The smallest absolute Gasteiger partial charge is 0.343 e. The van der Waals surface area contributed by atoms with Crippen LogP contribution in [0.3, 0.4) is 0 Å². The van der Waals surface area contributed by atoms with Gasteiger partial charge in [0.05, 0.1) is 41.6 Å². The summed E-state index contributed by atoms with van der Waals surface area (Å²) in [5.74, 6) is -0.927. The molecular formula is C26H22N4O5. The summed E-state index contributed by atoms with van der Waals surface area (Å²) in [6, 6.07) is 4.96. The number of nitrogens with zero attached hydrogens (tertiary/aromatic N) is 3. The first-order chi connectivity index (χ1) is 16.8. The highest BCUT2D eigenvalue weighted by atomic mass is 16.6. The van der Waals surface area contributed by atoms with E-state index in [4.69, 9.17) is 16.3 Å². The molecule has 2 aromatic heterocycles. The number of pyridine rings is 2. The lowest BCUT2D eigenvalue weighted by molar-refractivity contribution is -0.172. The van der Waals surface area contributed by atoms with E-state index in [9.17, 15) is 19.5 Å². The minimum absolute atomic E-state index is 0.0678. The van der Waals surface area contributed by atoms with Crippen LogP contribution in [0.25, 0.3) is 27.1 Å². The lowest BCUT2D eigenvalue weighted by Gasteiger charge is -2.31. The van der Waals surface area contributed by atoms with E-state index in [-0.39, 0.29) is 48.2 Å². The number of hydrogen-bond acceptors (Lipinski definition) is 6. The Bertz CT molecular complexity index is 1600. The fourth-order valence-corrected chi connectivity index (χ4v) is 5.83. The van der Waals surface area contributed by atoms with E-state index < -0.39 is 11.6 Å². The molecule has 2 aliphatic heterocycles. The first kappa shape index (κ1) is 21.5. The number of cyclic esters (lactones) is 1. The van der Waals surface area contributed by atoms with Crippen molar-refractivity contribution in [2.24, 2.45) is 0 Å². The fourth-order valence-electron chi connectivity index (χ4n) is 5.83. The fraction of sp³-hybridized carbons (Fsp3) is 0.346. The number of carbonyl (C=O) groups excluding carboxylic acids is 2. The molecule has 0 fully saturated rings. The first-order valence-electron chi connectivity index (χ1n) is 11.6. The Morgan fingerprint density at radius 1 is 1.34 bits per heavy atom. The number of fused-ring (bicyclic) bond motifs is 5. The summed E-state index contributed by atoms with van der Waals surface area (Å²) in [7, 11) is 0. The van der Waals surface area contributed by atoms with Crippen molar-refractivity contribution >= 4 is 28.5 Å². The number of rotatable bonds is 2. The summed E-state index contributed by atoms with van der Waals surface area (Å²) in [4.78, 5) is 46.6. The molecule has 4 heterocycles. The van der Waals surface area contributed by atoms with Gasteiger partial charge in [-0.05, 0) is 47.9 Å². The molecule has 1 amide bonds. The van der Waals surface area contributed by atoms with Gasteiger partial charge in [0, 0.05) is 18.1 Å². The van der Waals surface area contributed by atoms with Gasteiger partial charge in [0.25, 0.3) is 5.56 Å². The maximum absolute atomic E-state index is 13.5. The van der Waals surface area contributed by atoms with Gasteiger partial charge in [-0.15, -0.1) is 0 Å². The molecule has 176 valence electrons. The highest BCUT2D eigenvalue weighted by Crippen LogP contribution is 2.46. The Kier molecular flexibility index (Phi) is 4.44. The third-order valence-electron chi connectivity index (χ3n) is 7.51. The van der Waals surface area contributed by atoms with E-state index in [1.54, 1.807) is 29.7 Å². The second-order valence-corrected chi connectivity index (χ2v) is 9.32. The lowest BCUT2D eigenvalue weighted by Crippen LogP contribution is -2.44. The SMILES string of the molecule is [C-]#[N+]c1ccc2nc3c(c4c2c1CCC4NC(C)=O)Cn1c-3cc2c(c1=O)COC(=O)[C@]2(O)CC. The topological polar surface area (TPSA) is 115 Å². The number of ether oxygens (including phenoxy) is 1. The summed E-state index contributed by atoms with van der Waals surface area (Å²) in [6.07, 6.45) is 1.33. The molecule has 1 aliphatic carbocycles. The van der Waals surface area contributed by atoms with E-state index in [0.717, 1.165) is 22.1 Å². The molecule has 1 unspecified atom stereocenters. The molecule has 3 aliphatic rings. The molecule has 2 N–H and O–H groups in total. The van der Waals surface area contributed by atoms with Gasteiger partial charge in [0.1, 0.15) is 6.61 Å². The molecule has 0 radical (unpaired) electrons. The number of aryl methyl sites for hydroxylation is 1. The molecule has 0 saturated carbocycles. The minimum Gasteiger partial charge on any atom is -0.458 e. The number of nitrogens with one attached hydrogen (secondary N) is 1. The number of amides is 1. The van der Waals surface area contributed by atoms with Gasteiger partial charge in [-0.3, -0.25) is 9.59 Å². The predicted octanol–water partition coefficient (Wildman–Crippen LogP) is 2.75. The summed E-state index contributed by atoms with van der Waals surface area (Å²) >= 11 is 0. The highest BCUT2D eigenvalue weighted by molar-refractivity contribution is 5.96. The van der Waals surface area contributed by atoms with E-state index in [2.05, 4.69) is 10.2 Å². The molecule has 9 heteroatoms. The predicted molar refractivity (Wildman–Crippen MR) is 126 cm³/mol. The van der Waals surface area contributed by atoms with Crippen LogP contribution in [0.2, 0.25) is 0 Å². The van der Waals surface area contributed by atoms with Crippen LogP contribution in [-0.2, 0) is 39.5 Å². The van der Waals surface area contributed by atoms with Gasteiger partial charge in [-0.2, -0.15) is 0 Å².